The molecule has 0 bridgehead atoms. The average Bonchev–Trinajstić information content (AvgIpc) is 2.57. The van der Waals surface area contributed by atoms with Crippen molar-refractivity contribution in [2.24, 2.45) is 0 Å². The molecule has 7 heteroatoms. The number of hydrogen-bond donors (Lipinski definition) is 2. The van der Waals surface area contributed by atoms with E-state index >= 15 is 0 Å². The third-order valence-electron chi connectivity index (χ3n) is 2.74. The van der Waals surface area contributed by atoms with Gasteiger partial charge in [-0.2, -0.15) is 0 Å². The quantitative estimate of drug-likeness (QED) is 0.880. The molecule has 1 aromatic rings. The maximum atomic E-state index is 13.1. The summed E-state index contributed by atoms with van der Waals surface area (Å²) in [7, 11) is 0. The molecule has 1 heterocycles. The van der Waals surface area contributed by atoms with Crippen molar-refractivity contribution in [3.8, 4) is 0 Å². The molecule has 1 amide bonds. The average molecular weight is 295 g/mol. The number of aryl methyl sites for hydroxylation is 1. The van der Waals surface area contributed by atoms with Gasteiger partial charge < -0.3 is 5.32 Å². The monoisotopic (exact) mass is 294 g/mol. The van der Waals surface area contributed by atoms with Crippen molar-refractivity contribution in [3.05, 3.63) is 29.6 Å². The van der Waals surface area contributed by atoms with Crippen LogP contribution < -0.4 is 10.6 Å². The van der Waals surface area contributed by atoms with Crippen LogP contribution in [0, 0.1) is 12.7 Å². The minimum Gasteiger partial charge on any atom is -0.325 e. The van der Waals surface area contributed by atoms with E-state index in [2.05, 4.69) is 10.6 Å². The fourth-order valence-corrected chi connectivity index (χ4v) is 1.94. The van der Waals surface area contributed by atoms with Gasteiger partial charge in [-0.3, -0.25) is 10.1 Å². The normalized spacial score (nSPS) is 20.7. The standard InChI is InChI=1S/C12H13F3N2O.ClH/c1-7-2-8(13)4-9(3-7)17-11(18)10-5-12(14,15)6-16-10;/h2-4,10,16H,5-6H2,1H3,(H,17,18);1H. The van der Waals surface area contributed by atoms with Gasteiger partial charge in [0, 0.05) is 12.1 Å². The first-order valence-electron chi connectivity index (χ1n) is 5.55. The van der Waals surface area contributed by atoms with Crippen LogP contribution in [0.1, 0.15) is 12.0 Å². The molecule has 1 atom stereocenters. The zero-order valence-electron chi connectivity index (χ0n) is 10.2. The van der Waals surface area contributed by atoms with Crippen LogP contribution in [0.25, 0.3) is 0 Å². The highest BCUT2D eigenvalue weighted by molar-refractivity contribution is 5.95. The molecule has 0 aromatic heterocycles. The molecule has 1 aliphatic heterocycles. The molecule has 0 saturated carbocycles. The SMILES string of the molecule is Cc1cc(F)cc(NC(=O)C2CC(F)(F)CN2)c1.Cl. The van der Waals surface area contributed by atoms with Gasteiger partial charge in [0.15, 0.2) is 0 Å². The Morgan fingerprint density at radius 2 is 2.11 bits per heavy atom. The molecule has 106 valence electrons. The summed E-state index contributed by atoms with van der Waals surface area (Å²) < 4.78 is 38.9. The van der Waals surface area contributed by atoms with E-state index in [4.69, 9.17) is 0 Å². The zero-order chi connectivity index (χ0) is 13.3. The summed E-state index contributed by atoms with van der Waals surface area (Å²) in [4.78, 5) is 11.7. The number of benzene rings is 1. The largest absolute Gasteiger partial charge is 0.325 e. The Labute approximate surface area is 115 Å². The van der Waals surface area contributed by atoms with Crippen LogP contribution in [-0.4, -0.2) is 24.4 Å². The van der Waals surface area contributed by atoms with Crippen LogP contribution in [0.15, 0.2) is 18.2 Å². The van der Waals surface area contributed by atoms with Crippen LogP contribution >= 0.6 is 12.4 Å². The van der Waals surface area contributed by atoms with E-state index < -0.39 is 36.7 Å². The van der Waals surface area contributed by atoms with Gasteiger partial charge in [-0.25, -0.2) is 13.2 Å². The molecule has 19 heavy (non-hydrogen) atoms. The molecule has 1 unspecified atom stereocenters. The number of halogens is 4. The van der Waals surface area contributed by atoms with E-state index in [-0.39, 0.29) is 18.1 Å². The van der Waals surface area contributed by atoms with Gasteiger partial charge in [-0.05, 0) is 30.7 Å². The topological polar surface area (TPSA) is 41.1 Å². The number of nitrogens with one attached hydrogen (secondary N) is 2. The Hall–Kier alpha value is -1.27. The summed E-state index contributed by atoms with van der Waals surface area (Å²) >= 11 is 0. The van der Waals surface area contributed by atoms with Crippen LogP contribution in [-0.2, 0) is 4.79 Å². The predicted octanol–water partition coefficient (Wildman–Crippen LogP) is 2.49. The van der Waals surface area contributed by atoms with Crippen molar-refractivity contribution in [1.29, 1.82) is 0 Å². The summed E-state index contributed by atoms with van der Waals surface area (Å²) in [5.41, 5.74) is 0.921. The number of carbonyl (C=O) groups excluding carboxylic acids is 1. The van der Waals surface area contributed by atoms with Crippen molar-refractivity contribution in [2.45, 2.75) is 25.3 Å². The second-order valence-corrected chi connectivity index (χ2v) is 4.50. The molecule has 1 aromatic carbocycles. The molecular weight excluding hydrogens is 281 g/mol. The van der Waals surface area contributed by atoms with Crippen LogP contribution in [0.4, 0.5) is 18.9 Å². The third-order valence-corrected chi connectivity index (χ3v) is 2.74. The van der Waals surface area contributed by atoms with Gasteiger partial charge in [-0.15, -0.1) is 12.4 Å². The molecule has 2 rings (SSSR count). The predicted molar refractivity (Wildman–Crippen MR) is 68.4 cm³/mol. The van der Waals surface area contributed by atoms with E-state index in [0.29, 0.717) is 5.56 Å². The molecule has 1 aliphatic rings. The van der Waals surface area contributed by atoms with Gasteiger partial charge >= 0.3 is 0 Å². The third kappa shape index (κ3) is 4.11. The highest BCUT2D eigenvalue weighted by atomic mass is 35.5. The summed E-state index contributed by atoms with van der Waals surface area (Å²) in [5.74, 6) is -3.91. The van der Waals surface area contributed by atoms with Crippen molar-refractivity contribution in [3.63, 3.8) is 0 Å². The van der Waals surface area contributed by atoms with Gasteiger partial charge in [0.1, 0.15) is 5.82 Å². The molecule has 1 saturated heterocycles. The lowest BCUT2D eigenvalue weighted by molar-refractivity contribution is -0.118. The molecular formula is C12H14ClF3N2O. The van der Waals surface area contributed by atoms with E-state index in [1.54, 1.807) is 13.0 Å². The molecule has 0 spiro atoms. The minimum atomic E-state index is -2.86. The van der Waals surface area contributed by atoms with Gasteiger partial charge in [-0.1, -0.05) is 0 Å². The zero-order valence-corrected chi connectivity index (χ0v) is 11.0. The Kier molecular flexibility index (Phi) is 4.81. The number of carbonyl (C=O) groups is 1. The minimum absolute atomic E-state index is 0. The molecule has 0 radical (unpaired) electrons. The fourth-order valence-electron chi connectivity index (χ4n) is 1.94. The first-order valence-corrected chi connectivity index (χ1v) is 5.55. The lowest BCUT2D eigenvalue weighted by Crippen LogP contribution is -2.35. The van der Waals surface area contributed by atoms with Crippen molar-refractivity contribution in [2.75, 3.05) is 11.9 Å². The van der Waals surface area contributed by atoms with Gasteiger partial charge in [0.2, 0.25) is 5.91 Å². The second kappa shape index (κ2) is 5.79. The summed E-state index contributed by atoms with van der Waals surface area (Å²) in [5, 5.41) is 4.87. The first-order chi connectivity index (χ1) is 8.35. The summed E-state index contributed by atoms with van der Waals surface area (Å²) in [6, 6.07) is 3.10. The maximum Gasteiger partial charge on any atom is 0.262 e. The van der Waals surface area contributed by atoms with E-state index in [1.165, 1.54) is 6.07 Å². The van der Waals surface area contributed by atoms with E-state index in [0.717, 1.165) is 6.07 Å². The van der Waals surface area contributed by atoms with Crippen molar-refractivity contribution in [1.82, 2.24) is 5.32 Å². The van der Waals surface area contributed by atoms with Gasteiger partial charge in [0.25, 0.3) is 5.92 Å². The number of hydrogen-bond acceptors (Lipinski definition) is 2. The lowest BCUT2D eigenvalue weighted by Gasteiger charge is -2.11. The van der Waals surface area contributed by atoms with Crippen LogP contribution in [0.5, 0.6) is 0 Å². The Morgan fingerprint density at radius 3 is 2.63 bits per heavy atom. The lowest BCUT2D eigenvalue weighted by atomic mass is 10.1. The first kappa shape index (κ1) is 15.8. The molecule has 2 N–H and O–H groups in total. The number of amides is 1. The van der Waals surface area contributed by atoms with Crippen molar-refractivity contribution >= 4 is 24.0 Å². The summed E-state index contributed by atoms with van der Waals surface area (Å²) in [6.45, 7) is 1.17. The smallest absolute Gasteiger partial charge is 0.262 e. The fraction of sp³-hybridized carbons (Fsp3) is 0.417. The maximum absolute atomic E-state index is 13.1. The number of rotatable bonds is 2. The molecule has 3 nitrogen and oxygen atoms in total. The van der Waals surface area contributed by atoms with Crippen molar-refractivity contribution < 1.29 is 18.0 Å². The molecule has 0 aliphatic carbocycles. The highest BCUT2D eigenvalue weighted by Gasteiger charge is 2.42. The van der Waals surface area contributed by atoms with Crippen LogP contribution in [0.2, 0.25) is 0 Å². The molecule has 1 fully saturated rings. The summed E-state index contributed by atoms with van der Waals surface area (Å²) in [6.07, 6.45) is -0.535. The Bertz CT molecular complexity index is 462. The van der Waals surface area contributed by atoms with Crippen LogP contribution in [0.3, 0.4) is 0 Å². The Balaban J connectivity index is 0.00000180. The highest BCUT2D eigenvalue weighted by Crippen LogP contribution is 2.25. The number of alkyl halides is 2. The van der Waals surface area contributed by atoms with E-state index in [9.17, 15) is 18.0 Å². The second-order valence-electron chi connectivity index (χ2n) is 4.50. The van der Waals surface area contributed by atoms with Gasteiger partial charge in [0.05, 0.1) is 12.6 Å². The number of anilines is 1. The van der Waals surface area contributed by atoms with E-state index in [1.807, 2.05) is 0 Å². The Morgan fingerprint density at radius 1 is 1.42 bits per heavy atom.